The number of furan rings is 1. The molecule has 9 aromatic carbocycles. The van der Waals surface area contributed by atoms with Crippen molar-refractivity contribution in [1.82, 2.24) is 19.5 Å². The van der Waals surface area contributed by atoms with Crippen LogP contribution in [-0.4, -0.2) is 19.5 Å². The zero-order valence-corrected chi connectivity index (χ0v) is 31.2. The van der Waals surface area contributed by atoms with Crippen molar-refractivity contribution in [3.05, 3.63) is 194 Å². The van der Waals surface area contributed by atoms with Crippen LogP contribution in [0.4, 0.5) is 0 Å². The minimum absolute atomic E-state index is 0.588. The van der Waals surface area contributed by atoms with Gasteiger partial charge in [-0.05, 0) is 81.2 Å². The summed E-state index contributed by atoms with van der Waals surface area (Å²) in [4.78, 5) is 15.5. The highest BCUT2D eigenvalue weighted by Crippen LogP contribution is 2.42. The number of nitrogens with zero attached hydrogens (tertiary/aromatic N) is 4. The van der Waals surface area contributed by atoms with Crippen LogP contribution in [0.5, 0.6) is 0 Å². The highest BCUT2D eigenvalue weighted by Gasteiger charge is 2.21. The second kappa shape index (κ2) is 12.8. The first-order valence-corrected chi connectivity index (χ1v) is 19.5. The van der Waals surface area contributed by atoms with Gasteiger partial charge in [0.25, 0.3) is 0 Å². The molecular formula is C53H32N4O. The van der Waals surface area contributed by atoms with E-state index in [4.69, 9.17) is 19.4 Å². The van der Waals surface area contributed by atoms with Gasteiger partial charge < -0.3 is 8.98 Å². The minimum Gasteiger partial charge on any atom is -0.456 e. The van der Waals surface area contributed by atoms with E-state index < -0.39 is 0 Å². The molecule has 0 aliphatic carbocycles. The predicted octanol–water partition coefficient (Wildman–Crippen LogP) is 13.8. The van der Waals surface area contributed by atoms with Crippen LogP contribution >= 0.6 is 0 Å². The molecule has 0 N–H and O–H groups in total. The van der Waals surface area contributed by atoms with Crippen LogP contribution < -0.4 is 0 Å². The fourth-order valence-corrected chi connectivity index (χ4v) is 8.69. The van der Waals surface area contributed by atoms with Crippen molar-refractivity contribution in [2.75, 3.05) is 0 Å². The minimum atomic E-state index is 0.588. The van der Waals surface area contributed by atoms with E-state index >= 15 is 0 Å². The second-order valence-electron chi connectivity index (χ2n) is 14.8. The van der Waals surface area contributed by atoms with Crippen LogP contribution in [0.3, 0.4) is 0 Å². The summed E-state index contributed by atoms with van der Waals surface area (Å²) in [5, 5.41) is 9.14. The lowest BCUT2D eigenvalue weighted by molar-refractivity contribution is 0.669. The van der Waals surface area contributed by atoms with Crippen LogP contribution in [0.25, 0.3) is 116 Å². The van der Waals surface area contributed by atoms with Gasteiger partial charge in [-0.15, -0.1) is 0 Å². The molecule has 0 amide bonds. The first-order chi connectivity index (χ1) is 28.7. The summed E-state index contributed by atoms with van der Waals surface area (Å²) in [5.74, 6) is 1.81. The Kier molecular flexibility index (Phi) is 7.16. The number of para-hydroxylation sites is 1. The average Bonchev–Trinajstić information content (AvgIpc) is 3.84. The Balaban J connectivity index is 1.10. The molecule has 0 fully saturated rings. The smallest absolute Gasteiger partial charge is 0.164 e. The molecule has 0 bridgehead atoms. The van der Waals surface area contributed by atoms with Gasteiger partial charge in [0.1, 0.15) is 11.2 Å². The van der Waals surface area contributed by atoms with E-state index in [1.54, 1.807) is 0 Å². The van der Waals surface area contributed by atoms with Gasteiger partial charge in [0.05, 0.1) is 11.0 Å². The largest absolute Gasteiger partial charge is 0.456 e. The Labute approximate surface area is 333 Å². The van der Waals surface area contributed by atoms with Crippen LogP contribution in [0, 0.1) is 0 Å². The number of rotatable bonds is 5. The maximum absolute atomic E-state index is 6.66. The molecule has 0 aliphatic heterocycles. The Morgan fingerprint density at radius 1 is 0.345 bits per heavy atom. The van der Waals surface area contributed by atoms with Crippen LogP contribution in [0.2, 0.25) is 0 Å². The Hall–Kier alpha value is -7.89. The van der Waals surface area contributed by atoms with Crippen molar-refractivity contribution in [2.45, 2.75) is 0 Å². The Morgan fingerprint density at radius 3 is 1.83 bits per heavy atom. The van der Waals surface area contributed by atoms with Gasteiger partial charge in [-0.1, -0.05) is 146 Å². The van der Waals surface area contributed by atoms with E-state index in [1.807, 2.05) is 48.5 Å². The fourth-order valence-electron chi connectivity index (χ4n) is 8.69. The van der Waals surface area contributed by atoms with Crippen molar-refractivity contribution >= 4 is 65.3 Å². The molecule has 0 saturated heterocycles. The first kappa shape index (κ1) is 32.4. The number of benzene rings is 9. The summed E-state index contributed by atoms with van der Waals surface area (Å²) in [7, 11) is 0. The normalized spacial score (nSPS) is 11.8. The number of aromatic nitrogens is 4. The summed E-state index contributed by atoms with van der Waals surface area (Å²) in [6, 6.07) is 68.0. The van der Waals surface area contributed by atoms with Gasteiger partial charge in [0, 0.05) is 43.9 Å². The molecular weight excluding hydrogens is 709 g/mol. The summed E-state index contributed by atoms with van der Waals surface area (Å²) in [6.07, 6.45) is 0. The van der Waals surface area contributed by atoms with Gasteiger partial charge in [0.15, 0.2) is 17.5 Å². The second-order valence-corrected chi connectivity index (χ2v) is 14.8. The summed E-state index contributed by atoms with van der Waals surface area (Å²) in [5.41, 5.74) is 9.98. The maximum atomic E-state index is 6.66. The van der Waals surface area contributed by atoms with E-state index in [0.717, 1.165) is 66.2 Å². The van der Waals surface area contributed by atoms with E-state index in [0.29, 0.717) is 17.5 Å². The molecule has 58 heavy (non-hydrogen) atoms. The quantitative estimate of drug-likeness (QED) is 0.176. The predicted molar refractivity (Wildman–Crippen MR) is 238 cm³/mol. The number of hydrogen-bond acceptors (Lipinski definition) is 4. The zero-order valence-electron chi connectivity index (χ0n) is 31.2. The molecule has 0 aliphatic rings. The molecule has 270 valence electrons. The topological polar surface area (TPSA) is 56.7 Å². The molecule has 0 spiro atoms. The molecule has 0 radical (unpaired) electrons. The van der Waals surface area contributed by atoms with Crippen molar-refractivity contribution in [2.24, 2.45) is 0 Å². The van der Waals surface area contributed by atoms with E-state index in [1.165, 1.54) is 32.6 Å². The summed E-state index contributed by atoms with van der Waals surface area (Å²) >= 11 is 0. The van der Waals surface area contributed by atoms with Crippen LogP contribution in [0.15, 0.2) is 199 Å². The highest BCUT2D eigenvalue weighted by atomic mass is 16.3. The zero-order chi connectivity index (χ0) is 38.2. The molecule has 3 heterocycles. The van der Waals surface area contributed by atoms with Crippen molar-refractivity contribution in [3.8, 4) is 51.0 Å². The third-order valence-electron chi connectivity index (χ3n) is 11.4. The maximum Gasteiger partial charge on any atom is 0.164 e. The van der Waals surface area contributed by atoms with E-state index in [2.05, 4.69) is 150 Å². The molecule has 5 nitrogen and oxygen atoms in total. The highest BCUT2D eigenvalue weighted by molar-refractivity contribution is 6.23. The lowest BCUT2D eigenvalue weighted by atomic mass is 9.99. The molecule has 3 aromatic heterocycles. The van der Waals surface area contributed by atoms with Gasteiger partial charge in [-0.25, -0.2) is 15.0 Å². The molecule has 5 heteroatoms. The summed E-state index contributed by atoms with van der Waals surface area (Å²) in [6.45, 7) is 0. The van der Waals surface area contributed by atoms with Gasteiger partial charge in [-0.3, -0.25) is 0 Å². The van der Waals surface area contributed by atoms with Crippen LogP contribution in [0.1, 0.15) is 0 Å². The third kappa shape index (κ3) is 5.14. The third-order valence-corrected chi connectivity index (χ3v) is 11.4. The summed E-state index contributed by atoms with van der Waals surface area (Å²) < 4.78 is 9.05. The average molecular weight is 741 g/mol. The SMILES string of the molecule is c1ccc(-c2cccc(-c3nc(-c4ccccc4)nc(-c4cccc5oc6ccc7ccc(-n8c9ccccc9c9cc%10ccccc%10cc98)cc7c6c45)n3)c2)cc1. The molecule has 12 aromatic rings. The lowest BCUT2D eigenvalue weighted by Crippen LogP contribution is -2.00. The number of hydrogen-bond donors (Lipinski definition) is 0. The van der Waals surface area contributed by atoms with Gasteiger partial charge >= 0.3 is 0 Å². The van der Waals surface area contributed by atoms with E-state index in [-0.39, 0.29) is 0 Å². The first-order valence-electron chi connectivity index (χ1n) is 19.5. The molecule has 0 unspecified atom stereocenters. The van der Waals surface area contributed by atoms with Gasteiger partial charge in [0.2, 0.25) is 0 Å². The van der Waals surface area contributed by atoms with Gasteiger partial charge in [-0.2, -0.15) is 0 Å². The molecule has 0 saturated carbocycles. The van der Waals surface area contributed by atoms with Crippen molar-refractivity contribution in [3.63, 3.8) is 0 Å². The Bertz CT molecular complexity index is 3570. The monoisotopic (exact) mass is 740 g/mol. The standard InChI is InChI=1S/C53H32N4O/c1-3-13-33(14-4-1)36-19-11-20-39(29-36)52-54-51(35-15-5-2-6-16-35)55-53(56-52)42-22-12-24-47-49(42)50-43-32-40(27-25-34(43)26-28-48(50)58-47)57-45-23-10-9-21-41(45)44-30-37-17-7-8-18-38(37)31-46(44)57/h1-32H. The number of fused-ring (bicyclic) bond motifs is 9. The molecule has 0 atom stereocenters. The fraction of sp³-hybridized carbons (Fsp3) is 0. The molecule has 12 rings (SSSR count). The van der Waals surface area contributed by atoms with E-state index in [9.17, 15) is 0 Å². The van der Waals surface area contributed by atoms with Crippen LogP contribution in [-0.2, 0) is 0 Å². The van der Waals surface area contributed by atoms with Crippen molar-refractivity contribution < 1.29 is 4.42 Å². The lowest BCUT2D eigenvalue weighted by Gasteiger charge is -2.12. The Morgan fingerprint density at radius 2 is 0.983 bits per heavy atom. The van der Waals surface area contributed by atoms with Crippen molar-refractivity contribution in [1.29, 1.82) is 0 Å².